The van der Waals surface area contributed by atoms with Crippen LogP contribution < -0.4 is 0 Å². The van der Waals surface area contributed by atoms with Crippen molar-refractivity contribution in [1.29, 1.82) is 0 Å². The molecule has 0 aliphatic heterocycles. The van der Waals surface area contributed by atoms with Crippen molar-refractivity contribution in [3.05, 3.63) is 0 Å². The molecule has 0 saturated carbocycles. The summed E-state index contributed by atoms with van der Waals surface area (Å²) in [4.78, 5) is 73.5. The van der Waals surface area contributed by atoms with Gasteiger partial charge >= 0.3 is 39.5 Å². The monoisotopic (exact) mass is 1630 g/mol. The molecule has 19 heteroatoms. The van der Waals surface area contributed by atoms with Gasteiger partial charge in [-0.2, -0.15) is 0 Å². The van der Waals surface area contributed by atoms with Crippen LogP contribution in [0.1, 0.15) is 498 Å². The van der Waals surface area contributed by atoms with Crippen molar-refractivity contribution >= 4 is 39.5 Å². The lowest BCUT2D eigenvalue weighted by molar-refractivity contribution is -0.161. The third kappa shape index (κ3) is 83.1. The minimum Gasteiger partial charge on any atom is -0.462 e. The van der Waals surface area contributed by atoms with Crippen molar-refractivity contribution in [3.63, 3.8) is 0 Å². The van der Waals surface area contributed by atoms with Crippen LogP contribution in [0.25, 0.3) is 0 Å². The number of hydrogen-bond acceptors (Lipinski definition) is 15. The molecule has 0 heterocycles. The maximum atomic E-state index is 13.2. The molecular weight excluding hydrogens is 1450 g/mol. The van der Waals surface area contributed by atoms with E-state index in [4.69, 9.17) is 37.0 Å². The van der Waals surface area contributed by atoms with Crippen molar-refractivity contribution in [2.45, 2.75) is 516 Å². The standard InChI is InChI=1S/C93H182O17P2/c1-8-11-12-13-14-15-36-46-53-60-67-74-90(95)103-80-88(109-93(98)77-70-63-56-49-42-35-29-28-32-39-45-52-59-66-73-86(7)10-3)82-107-111(99,100)105-78-87(94)79-106-112(101,102)108-83-89(81-104-91(96)75-68-61-54-47-40-33-26-22-18-16-20-24-30-37-43-50-57-64-71-84(4)5)110-92(97)76-69-62-55-48-41-34-27-23-19-17-21-25-31-38-44-51-58-65-72-85(6)9-2/h84-89,94H,8-83H2,1-7H3,(H,99,100)(H,101,102)/t85?,86?,87-,88+,89+/m0/s1. The lowest BCUT2D eigenvalue weighted by Gasteiger charge is -2.21. The molecule has 0 rings (SSSR count). The van der Waals surface area contributed by atoms with Gasteiger partial charge in [-0.3, -0.25) is 37.3 Å². The zero-order chi connectivity index (χ0) is 82.2. The van der Waals surface area contributed by atoms with Crippen molar-refractivity contribution in [1.82, 2.24) is 0 Å². The predicted octanol–water partition coefficient (Wildman–Crippen LogP) is 28.8. The molecular formula is C93H182O17P2. The number of ether oxygens (including phenoxy) is 4. The molecule has 666 valence electrons. The minimum atomic E-state index is -4.97. The van der Waals surface area contributed by atoms with Crippen LogP contribution in [0.5, 0.6) is 0 Å². The van der Waals surface area contributed by atoms with Crippen LogP contribution in [-0.2, 0) is 65.4 Å². The predicted molar refractivity (Wildman–Crippen MR) is 465 cm³/mol. The van der Waals surface area contributed by atoms with Gasteiger partial charge in [0.1, 0.15) is 19.3 Å². The van der Waals surface area contributed by atoms with Gasteiger partial charge in [0.15, 0.2) is 12.2 Å². The van der Waals surface area contributed by atoms with E-state index in [1.54, 1.807) is 0 Å². The molecule has 17 nitrogen and oxygen atoms in total. The Labute approximate surface area is 689 Å². The Bertz CT molecular complexity index is 2150. The first-order chi connectivity index (χ1) is 54.3. The highest BCUT2D eigenvalue weighted by molar-refractivity contribution is 7.47. The molecule has 4 unspecified atom stereocenters. The largest absolute Gasteiger partial charge is 0.472 e. The normalized spacial score (nSPS) is 14.2. The molecule has 0 bridgehead atoms. The quantitative estimate of drug-likeness (QED) is 0.0222. The Kier molecular flexibility index (Phi) is 81.3. The second-order valence-electron chi connectivity index (χ2n) is 34.4. The number of rotatable bonds is 91. The molecule has 0 aliphatic carbocycles. The number of phosphoric ester groups is 2. The summed E-state index contributed by atoms with van der Waals surface area (Å²) >= 11 is 0. The molecule has 0 saturated heterocycles. The molecule has 7 atom stereocenters. The van der Waals surface area contributed by atoms with Crippen LogP contribution in [0, 0.1) is 17.8 Å². The number of carbonyl (C=O) groups is 4. The Balaban J connectivity index is 5.23. The third-order valence-electron chi connectivity index (χ3n) is 22.6. The first-order valence-corrected chi connectivity index (χ1v) is 50.9. The SMILES string of the molecule is CCCCCCCCCCCCCC(=O)OC[C@H](COP(=O)(O)OC[C@H](O)COP(=O)(O)OC[C@@H](COC(=O)CCCCCCCCCCCCCCCCCCCCC(C)C)OC(=O)CCCCCCCCCCCCCCCCCCCCC(C)CC)OC(=O)CCCCCCCCCCCCCCCCC(C)CC. The van der Waals surface area contributed by atoms with Gasteiger partial charge in [0.25, 0.3) is 0 Å². The van der Waals surface area contributed by atoms with Crippen molar-refractivity contribution < 1.29 is 80.2 Å². The smallest absolute Gasteiger partial charge is 0.462 e. The summed E-state index contributed by atoms with van der Waals surface area (Å²) in [5.74, 6) is 0.445. The highest BCUT2D eigenvalue weighted by Gasteiger charge is 2.31. The Morgan fingerprint density at radius 2 is 0.455 bits per heavy atom. The molecule has 0 spiro atoms. The fourth-order valence-electron chi connectivity index (χ4n) is 14.5. The summed E-state index contributed by atoms with van der Waals surface area (Å²) in [6.45, 7) is 12.2. The molecule has 3 N–H and O–H groups in total. The van der Waals surface area contributed by atoms with Crippen LogP contribution in [0.15, 0.2) is 0 Å². The third-order valence-corrected chi connectivity index (χ3v) is 24.5. The minimum absolute atomic E-state index is 0.108. The fraction of sp³-hybridized carbons (Fsp3) is 0.957. The second kappa shape index (κ2) is 82.7. The van der Waals surface area contributed by atoms with Gasteiger partial charge < -0.3 is 33.8 Å². The number of unbranched alkanes of at least 4 members (excludes halogenated alkanes) is 57. The molecule has 0 aromatic heterocycles. The van der Waals surface area contributed by atoms with Gasteiger partial charge in [0.2, 0.25) is 0 Å². The summed E-state index contributed by atoms with van der Waals surface area (Å²) in [5, 5.41) is 10.7. The lowest BCUT2D eigenvalue weighted by Crippen LogP contribution is -2.30. The summed E-state index contributed by atoms with van der Waals surface area (Å²) in [7, 11) is -9.94. The summed E-state index contributed by atoms with van der Waals surface area (Å²) in [5.41, 5.74) is 0. The van der Waals surface area contributed by atoms with Gasteiger partial charge in [-0.1, -0.05) is 447 Å². The van der Waals surface area contributed by atoms with Crippen molar-refractivity contribution in [2.75, 3.05) is 39.6 Å². The zero-order valence-electron chi connectivity index (χ0n) is 74.2. The molecule has 0 fully saturated rings. The zero-order valence-corrected chi connectivity index (χ0v) is 75.9. The van der Waals surface area contributed by atoms with Gasteiger partial charge in [-0.05, 0) is 43.4 Å². The average molecular weight is 1630 g/mol. The van der Waals surface area contributed by atoms with Crippen LogP contribution in [0.3, 0.4) is 0 Å². The molecule has 0 amide bonds. The van der Waals surface area contributed by atoms with Crippen LogP contribution in [0.2, 0.25) is 0 Å². The fourth-order valence-corrected chi connectivity index (χ4v) is 16.1. The molecule has 0 aliphatic rings. The van der Waals surface area contributed by atoms with E-state index in [1.165, 1.54) is 308 Å². The first-order valence-electron chi connectivity index (χ1n) is 47.9. The summed E-state index contributed by atoms with van der Waals surface area (Å²) in [6, 6.07) is 0. The molecule has 0 aromatic carbocycles. The van der Waals surface area contributed by atoms with E-state index >= 15 is 0 Å². The maximum absolute atomic E-state index is 13.2. The Morgan fingerprint density at radius 3 is 0.679 bits per heavy atom. The molecule has 112 heavy (non-hydrogen) atoms. The van der Waals surface area contributed by atoms with E-state index in [9.17, 15) is 43.2 Å². The number of phosphoric acid groups is 2. The van der Waals surface area contributed by atoms with Crippen LogP contribution in [0.4, 0.5) is 0 Å². The second-order valence-corrected chi connectivity index (χ2v) is 37.3. The van der Waals surface area contributed by atoms with Crippen molar-refractivity contribution in [2.24, 2.45) is 17.8 Å². The Hall–Kier alpha value is -1.94. The topological polar surface area (TPSA) is 237 Å². The van der Waals surface area contributed by atoms with E-state index in [0.29, 0.717) is 25.7 Å². The van der Waals surface area contributed by atoms with E-state index in [0.717, 1.165) is 108 Å². The van der Waals surface area contributed by atoms with Gasteiger partial charge in [-0.15, -0.1) is 0 Å². The molecule has 0 aromatic rings. The highest BCUT2D eigenvalue weighted by Crippen LogP contribution is 2.45. The summed E-state index contributed by atoms with van der Waals surface area (Å²) < 4.78 is 69.1. The number of esters is 4. The van der Waals surface area contributed by atoms with Crippen LogP contribution >= 0.6 is 15.6 Å². The number of carbonyl (C=O) groups excluding carboxylic acids is 4. The number of aliphatic hydroxyl groups excluding tert-OH is 1. The van der Waals surface area contributed by atoms with Gasteiger partial charge in [-0.25, -0.2) is 9.13 Å². The van der Waals surface area contributed by atoms with E-state index in [2.05, 4.69) is 48.5 Å². The highest BCUT2D eigenvalue weighted by atomic mass is 31.2. The first kappa shape index (κ1) is 110. The Morgan fingerprint density at radius 1 is 0.259 bits per heavy atom. The average Bonchev–Trinajstić information content (AvgIpc) is 0.896. The summed E-state index contributed by atoms with van der Waals surface area (Å²) in [6.07, 6.45) is 76.3. The number of hydrogen-bond donors (Lipinski definition) is 3. The van der Waals surface area contributed by atoms with E-state index < -0.39 is 97.5 Å². The maximum Gasteiger partial charge on any atom is 0.472 e. The van der Waals surface area contributed by atoms with Gasteiger partial charge in [0.05, 0.1) is 26.4 Å². The van der Waals surface area contributed by atoms with E-state index in [1.807, 2.05) is 0 Å². The number of aliphatic hydroxyl groups is 1. The molecule has 0 radical (unpaired) electrons. The van der Waals surface area contributed by atoms with Gasteiger partial charge in [0, 0.05) is 25.7 Å². The van der Waals surface area contributed by atoms with Crippen LogP contribution in [-0.4, -0.2) is 96.7 Å². The lowest BCUT2D eigenvalue weighted by atomic mass is 9.99. The van der Waals surface area contributed by atoms with E-state index in [-0.39, 0.29) is 25.7 Å². The van der Waals surface area contributed by atoms with Crippen molar-refractivity contribution in [3.8, 4) is 0 Å².